The Morgan fingerprint density at radius 3 is 2.46 bits per heavy atom. The summed E-state index contributed by atoms with van der Waals surface area (Å²) in [6.45, 7) is 8.97. The van der Waals surface area contributed by atoms with Gasteiger partial charge in [0, 0.05) is 23.9 Å². The van der Waals surface area contributed by atoms with Crippen LogP contribution in [0.15, 0.2) is 24.3 Å². The van der Waals surface area contributed by atoms with Gasteiger partial charge in [0.1, 0.15) is 0 Å². The van der Waals surface area contributed by atoms with Crippen LogP contribution in [0.3, 0.4) is 0 Å². The van der Waals surface area contributed by atoms with Crippen molar-refractivity contribution in [3.8, 4) is 0 Å². The minimum atomic E-state index is -0.379. The van der Waals surface area contributed by atoms with Crippen molar-refractivity contribution in [2.75, 3.05) is 13.2 Å². The van der Waals surface area contributed by atoms with Crippen molar-refractivity contribution in [2.45, 2.75) is 70.4 Å². The fraction of sp³-hybridized carbons (Fsp3) is 0.650. The lowest BCUT2D eigenvalue weighted by Gasteiger charge is -2.32. The van der Waals surface area contributed by atoms with Crippen LogP contribution in [0, 0.1) is 0 Å². The van der Waals surface area contributed by atoms with E-state index in [2.05, 4.69) is 6.07 Å². The first-order valence-corrected chi connectivity index (χ1v) is 9.95. The molecule has 1 aliphatic heterocycles. The molecule has 0 aromatic heterocycles. The van der Waals surface area contributed by atoms with E-state index in [1.54, 1.807) is 0 Å². The van der Waals surface area contributed by atoms with Crippen molar-refractivity contribution in [1.29, 1.82) is 0 Å². The van der Waals surface area contributed by atoms with Crippen molar-refractivity contribution >= 4 is 37.0 Å². The highest BCUT2D eigenvalue weighted by Gasteiger charge is 2.53. The standard InChI is InChI=1S/C20H31BClNO4.ClH/c1-19(2)20(3,4)27-21(26-19)16(14-25-12-11-18(23)24)9-5-7-15-8-6-10-17(22)13-15;/h6,8,10,13,16H,5,7,9,11-12,14H2,1-4H3,(H2,23,24);1H/t16-;/m1./s1. The Morgan fingerprint density at radius 1 is 1.25 bits per heavy atom. The van der Waals surface area contributed by atoms with Gasteiger partial charge in [-0.15, -0.1) is 12.4 Å². The fourth-order valence-corrected chi connectivity index (χ4v) is 3.26. The molecule has 0 unspecified atom stereocenters. The number of aryl methyl sites for hydroxylation is 1. The molecule has 1 aromatic rings. The molecule has 1 aromatic carbocycles. The molecule has 8 heteroatoms. The molecule has 1 atom stereocenters. The summed E-state index contributed by atoms with van der Waals surface area (Å²) in [5.74, 6) is -0.277. The second kappa shape index (κ2) is 10.8. The molecule has 0 spiro atoms. The maximum absolute atomic E-state index is 10.9. The number of carbonyl (C=O) groups is 1. The van der Waals surface area contributed by atoms with Crippen LogP contribution < -0.4 is 5.73 Å². The molecular formula is C20H32BCl2NO4. The first-order chi connectivity index (χ1) is 12.6. The molecule has 0 radical (unpaired) electrons. The van der Waals surface area contributed by atoms with Crippen molar-refractivity contribution in [3.05, 3.63) is 34.9 Å². The number of benzene rings is 1. The average molecular weight is 432 g/mol. The van der Waals surface area contributed by atoms with Gasteiger partial charge in [-0.05, 0) is 64.7 Å². The second-order valence-electron chi connectivity index (χ2n) is 8.20. The maximum Gasteiger partial charge on any atom is 0.463 e. The molecule has 28 heavy (non-hydrogen) atoms. The van der Waals surface area contributed by atoms with Gasteiger partial charge in [0.15, 0.2) is 0 Å². The first-order valence-electron chi connectivity index (χ1n) is 9.57. The molecule has 1 aliphatic rings. The monoisotopic (exact) mass is 431 g/mol. The van der Waals surface area contributed by atoms with Crippen LogP contribution in [-0.2, 0) is 25.3 Å². The van der Waals surface area contributed by atoms with Gasteiger partial charge in [-0.2, -0.15) is 0 Å². The van der Waals surface area contributed by atoms with Crippen LogP contribution in [-0.4, -0.2) is 37.4 Å². The molecule has 1 fully saturated rings. The summed E-state index contributed by atoms with van der Waals surface area (Å²) >= 11 is 6.06. The zero-order valence-electron chi connectivity index (χ0n) is 17.2. The lowest BCUT2D eigenvalue weighted by atomic mass is 9.69. The third kappa shape index (κ3) is 7.23. The largest absolute Gasteiger partial charge is 0.463 e. The zero-order valence-corrected chi connectivity index (χ0v) is 18.8. The minimum Gasteiger partial charge on any atom is -0.403 e. The molecular weight excluding hydrogens is 400 g/mol. The topological polar surface area (TPSA) is 70.8 Å². The van der Waals surface area contributed by atoms with Gasteiger partial charge in [-0.25, -0.2) is 0 Å². The number of amides is 1. The third-order valence-corrected chi connectivity index (χ3v) is 5.65. The molecule has 1 saturated heterocycles. The molecule has 2 rings (SSSR count). The number of halogens is 2. The molecule has 5 nitrogen and oxygen atoms in total. The van der Waals surface area contributed by atoms with E-state index >= 15 is 0 Å². The Labute approximate surface area is 180 Å². The molecule has 0 aliphatic carbocycles. The van der Waals surface area contributed by atoms with Crippen molar-refractivity contribution in [2.24, 2.45) is 5.73 Å². The van der Waals surface area contributed by atoms with E-state index in [4.69, 9.17) is 31.4 Å². The predicted molar refractivity (Wildman–Crippen MR) is 116 cm³/mol. The minimum absolute atomic E-state index is 0. The summed E-state index contributed by atoms with van der Waals surface area (Å²) in [4.78, 5) is 10.9. The second-order valence-corrected chi connectivity index (χ2v) is 8.63. The molecule has 0 bridgehead atoms. The van der Waals surface area contributed by atoms with Crippen LogP contribution in [0.1, 0.15) is 52.5 Å². The van der Waals surface area contributed by atoms with Gasteiger partial charge >= 0.3 is 7.12 Å². The summed E-state index contributed by atoms with van der Waals surface area (Å²) < 4.78 is 18.1. The molecule has 1 amide bonds. The highest BCUT2D eigenvalue weighted by atomic mass is 35.5. The number of nitrogens with two attached hydrogens (primary N) is 1. The summed E-state index contributed by atoms with van der Waals surface area (Å²) in [7, 11) is -0.331. The lowest BCUT2D eigenvalue weighted by molar-refractivity contribution is -0.119. The zero-order chi connectivity index (χ0) is 20.1. The van der Waals surface area contributed by atoms with E-state index in [0.29, 0.717) is 13.2 Å². The highest BCUT2D eigenvalue weighted by Crippen LogP contribution is 2.41. The Kier molecular flexibility index (Phi) is 9.77. The normalized spacial score (nSPS) is 18.5. The van der Waals surface area contributed by atoms with E-state index in [1.807, 2.05) is 45.9 Å². The lowest BCUT2D eigenvalue weighted by Crippen LogP contribution is -2.41. The van der Waals surface area contributed by atoms with Crippen LogP contribution in [0.2, 0.25) is 10.8 Å². The van der Waals surface area contributed by atoms with Crippen molar-refractivity contribution in [1.82, 2.24) is 0 Å². The van der Waals surface area contributed by atoms with E-state index < -0.39 is 0 Å². The number of carbonyl (C=O) groups excluding carboxylic acids is 1. The SMILES string of the molecule is CC1(C)OB([C@H](CCCc2cccc(Cl)c2)COCCC(N)=O)OC1(C)C.Cl. The van der Waals surface area contributed by atoms with E-state index in [1.165, 1.54) is 5.56 Å². The molecule has 158 valence electrons. The molecule has 2 N–H and O–H groups in total. The smallest absolute Gasteiger partial charge is 0.403 e. The number of ether oxygens (including phenoxy) is 1. The highest BCUT2D eigenvalue weighted by molar-refractivity contribution is 6.47. The van der Waals surface area contributed by atoms with Crippen LogP contribution in [0.4, 0.5) is 0 Å². The van der Waals surface area contributed by atoms with Gasteiger partial charge in [-0.3, -0.25) is 4.79 Å². The van der Waals surface area contributed by atoms with E-state index in [-0.39, 0.29) is 48.9 Å². The number of hydrogen-bond donors (Lipinski definition) is 1. The number of rotatable bonds is 10. The summed E-state index contributed by atoms with van der Waals surface area (Å²) in [6, 6.07) is 7.93. The summed E-state index contributed by atoms with van der Waals surface area (Å²) in [6.07, 6.45) is 3.00. The van der Waals surface area contributed by atoms with E-state index in [0.717, 1.165) is 24.3 Å². The molecule has 1 heterocycles. The average Bonchev–Trinajstić information content (AvgIpc) is 2.77. The summed E-state index contributed by atoms with van der Waals surface area (Å²) in [5, 5.41) is 0.754. The fourth-order valence-electron chi connectivity index (χ4n) is 3.05. The Morgan fingerprint density at radius 2 is 1.89 bits per heavy atom. The Balaban J connectivity index is 0.00000392. The number of primary amides is 1. The van der Waals surface area contributed by atoms with Gasteiger partial charge in [0.2, 0.25) is 5.91 Å². The summed E-state index contributed by atoms with van der Waals surface area (Å²) in [5.41, 5.74) is 5.64. The quantitative estimate of drug-likeness (QED) is 0.439. The Bertz CT molecular complexity index is 626. The van der Waals surface area contributed by atoms with Crippen LogP contribution in [0.25, 0.3) is 0 Å². The van der Waals surface area contributed by atoms with Gasteiger partial charge in [-0.1, -0.05) is 23.7 Å². The van der Waals surface area contributed by atoms with Crippen molar-refractivity contribution < 1.29 is 18.8 Å². The van der Waals surface area contributed by atoms with Gasteiger partial charge < -0.3 is 19.8 Å². The van der Waals surface area contributed by atoms with Crippen LogP contribution >= 0.6 is 24.0 Å². The third-order valence-electron chi connectivity index (χ3n) is 5.41. The molecule has 0 saturated carbocycles. The predicted octanol–water partition coefficient (Wildman–Crippen LogP) is 4.44. The Hall–Kier alpha value is -0.785. The first kappa shape index (κ1) is 25.3. The van der Waals surface area contributed by atoms with Gasteiger partial charge in [0.25, 0.3) is 0 Å². The van der Waals surface area contributed by atoms with E-state index in [9.17, 15) is 4.79 Å². The van der Waals surface area contributed by atoms with Gasteiger partial charge in [0.05, 0.1) is 17.8 Å². The van der Waals surface area contributed by atoms with Crippen molar-refractivity contribution in [3.63, 3.8) is 0 Å². The number of hydrogen-bond acceptors (Lipinski definition) is 4. The maximum atomic E-state index is 10.9. The van der Waals surface area contributed by atoms with Crippen LogP contribution in [0.5, 0.6) is 0 Å².